The number of likely N-dealkylation sites (tertiary alicyclic amines) is 1. The van der Waals surface area contributed by atoms with Gasteiger partial charge in [-0.2, -0.15) is 31.9 Å². The van der Waals surface area contributed by atoms with Crippen LogP contribution in [-0.4, -0.2) is 59.0 Å². The van der Waals surface area contributed by atoms with Crippen molar-refractivity contribution >= 4 is 40.1 Å². The SMILES string of the molecule is Cc1ccc(C(F)(F)F)c(C(=O)N2CC[C@@H](Nc3nc4ccc(F)c(F)c4o3)C2)c1.Fc1ccc2nc(N[C@@H]3CCNC3)oc2c1F. The number of amides is 1. The van der Waals surface area contributed by atoms with Gasteiger partial charge in [0.1, 0.15) is 11.0 Å². The molecule has 0 bridgehead atoms. The molecule has 1 amide bonds. The second kappa shape index (κ2) is 12.7. The van der Waals surface area contributed by atoms with Gasteiger partial charge >= 0.3 is 6.18 Å². The fourth-order valence-corrected chi connectivity index (χ4v) is 5.44. The molecular weight excluding hydrogens is 637 g/mol. The summed E-state index contributed by atoms with van der Waals surface area (Å²) in [6.45, 7) is 3.70. The van der Waals surface area contributed by atoms with Gasteiger partial charge in [-0.15, -0.1) is 0 Å². The molecule has 0 aliphatic carbocycles. The lowest BCUT2D eigenvalue weighted by Crippen LogP contribution is -2.33. The lowest BCUT2D eigenvalue weighted by Gasteiger charge is -2.20. The maximum Gasteiger partial charge on any atom is 0.417 e. The summed E-state index contributed by atoms with van der Waals surface area (Å²) in [5, 5.41) is 9.11. The number of carbonyl (C=O) groups is 1. The summed E-state index contributed by atoms with van der Waals surface area (Å²) in [6.07, 6.45) is -3.27. The van der Waals surface area contributed by atoms with Gasteiger partial charge in [-0.25, -0.2) is 8.78 Å². The molecule has 7 rings (SSSR count). The van der Waals surface area contributed by atoms with Gasteiger partial charge in [-0.05, 0) is 62.7 Å². The molecule has 9 nitrogen and oxygen atoms in total. The summed E-state index contributed by atoms with van der Waals surface area (Å²) in [5.74, 6) is -4.87. The number of oxazole rings is 2. The molecule has 3 N–H and O–H groups in total. The highest BCUT2D eigenvalue weighted by atomic mass is 19.4. The highest BCUT2D eigenvalue weighted by Gasteiger charge is 2.37. The first-order valence-electron chi connectivity index (χ1n) is 14.6. The van der Waals surface area contributed by atoms with E-state index in [0.717, 1.165) is 37.7 Å². The van der Waals surface area contributed by atoms with Crippen molar-refractivity contribution in [1.82, 2.24) is 20.2 Å². The minimum absolute atomic E-state index is 0.0552. The fourth-order valence-electron chi connectivity index (χ4n) is 5.44. The van der Waals surface area contributed by atoms with Crippen molar-refractivity contribution in [3.8, 4) is 0 Å². The number of carbonyl (C=O) groups excluding carboxylic acids is 1. The Morgan fingerprint density at radius 1 is 0.872 bits per heavy atom. The number of halogens is 7. The summed E-state index contributed by atoms with van der Waals surface area (Å²) in [7, 11) is 0. The quantitative estimate of drug-likeness (QED) is 0.180. The van der Waals surface area contributed by atoms with Crippen LogP contribution < -0.4 is 16.0 Å². The van der Waals surface area contributed by atoms with Gasteiger partial charge in [-0.3, -0.25) is 4.79 Å². The Morgan fingerprint density at radius 3 is 2.02 bits per heavy atom. The number of nitrogens with zero attached hydrogens (tertiary/aromatic N) is 3. The molecule has 248 valence electrons. The van der Waals surface area contributed by atoms with Crippen LogP contribution in [0.2, 0.25) is 0 Å². The largest absolute Gasteiger partial charge is 0.420 e. The van der Waals surface area contributed by atoms with E-state index in [4.69, 9.17) is 8.83 Å². The number of aryl methyl sites for hydroxylation is 1. The number of fused-ring (bicyclic) bond motifs is 2. The van der Waals surface area contributed by atoms with Crippen molar-refractivity contribution in [2.75, 3.05) is 36.8 Å². The van der Waals surface area contributed by atoms with E-state index in [2.05, 4.69) is 25.9 Å². The van der Waals surface area contributed by atoms with E-state index in [1.54, 1.807) is 6.92 Å². The molecule has 2 aromatic heterocycles. The Hall–Kier alpha value is -4.86. The maximum absolute atomic E-state index is 13.8. The van der Waals surface area contributed by atoms with Crippen molar-refractivity contribution in [3.63, 3.8) is 0 Å². The molecule has 0 radical (unpaired) electrons. The van der Waals surface area contributed by atoms with E-state index in [1.165, 1.54) is 29.2 Å². The van der Waals surface area contributed by atoms with Crippen LogP contribution in [0.4, 0.5) is 42.8 Å². The zero-order valence-corrected chi connectivity index (χ0v) is 24.7. The van der Waals surface area contributed by atoms with Crippen molar-refractivity contribution in [2.45, 2.75) is 38.0 Å². The second-order valence-corrected chi connectivity index (χ2v) is 11.2. The third-order valence-electron chi connectivity index (χ3n) is 7.80. The molecule has 0 saturated carbocycles. The summed E-state index contributed by atoms with van der Waals surface area (Å²) < 4.78 is 104. The number of anilines is 2. The average molecular weight is 665 g/mol. The fraction of sp³-hybridized carbons (Fsp3) is 0.323. The van der Waals surface area contributed by atoms with Gasteiger partial charge in [-0.1, -0.05) is 11.6 Å². The predicted octanol–water partition coefficient (Wildman–Crippen LogP) is 6.64. The molecule has 5 aromatic rings. The molecule has 0 unspecified atom stereocenters. The summed E-state index contributed by atoms with van der Waals surface area (Å²) >= 11 is 0. The highest BCUT2D eigenvalue weighted by molar-refractivity contribution is 5.96. The van der Waals surface area contributed by atoms with E-state index in [0.29, 0.717) is 17.5 Å². The van der Waals surface area contributed by atoms with E-state index in [9.17, 15) is 35.5 Å². The topological polar surface area (TPSA) is 108 Å². The summed E-state index contributed by atoms with van der Waals surface area (Å²) in [4.78, 5) is 22.2. The normalized spacial score (nSPS) is 18.1. The molecule has 2 aliphatic rings. The number of benzene rings is 3. The third-order valence-corrected chi connectivity index (χ3v) is 7.80. The van der Waals surface area contributed by atoms with Crippen LogP contribution in [0, 0.1) is 30.2 Å². The van der Waals surface area contributed by atoms with E-state index < -0.39 is 46.5 Å². The highest BCUT2D eigenvalue weighted by Crippen LogP contribution is 2.34. The lowest BCUT2D eigenvalue weighted by atomic mass is 10.0. The number of alkyl halides is 3. The molecule has 47 heavy (non-hydrogen) atoms. The number of hydrogen-bond donors (Lipinski definition) is 3. The van der Waals surface area contributed by atoms with Crippen LogP contribution in [0.1, 0.15) is 34.3 Å². The van der Waals surface area contributed by atoms with Gasteiger partial charge in [0, 0.05) is 31.7 Å². The van der Waals surface area contributed by atoms with Gasteiger partial charge < -0.3 is 29.7 Å². The second-order valence-electron chi connectivity index (χ2n) is 11.2. The minimum atomic E-state index is -4.65. The van der Waals surface area contributed by atoms with Crippen LogP contribution in [0.5, 0.6) is 0 Å². The Kier molecular flexibility index (Phi) is 8.70. The maximum atomic E-state index is 13.8. The van der Waals surface area contributed by atoms with Gasteiger partial charge in [0.15, 0.2) is 22.8 Å². The zero-order chi connectivity index (χ0) is 33.5. The molecule has 2 fully saturated rings. The van der Waals surface area contributed by atoms with Crippen molar-refractivity contribution in [3.05, 3.63) is 82.4 Å². The predicted molar refractivity (Wildman–Crippen MR) is 157 cm³/mol. The Labute approximate surface area is 262 Å². The molecule has 2 aliphatic heterocycles. The van der Waals surface area contributed by atoms with Crippen LogP contribution in [0.15, 0.2) is 51.3 Å². The van der Waals surface area contributed by atoms with Crippen LogP contribution in [0.3, 0.4) is 0 Å². The van der Waals surface area contributed by atoms with Gasteiger partial charge in [0.05, 0.1) is 11.1 Å². The van der Waals surface area contributed by atoms with Crippen molar-refractivity contribution in [2.24, 2.45) is 0 Å². The molecule has 2 saturated heterocycles. The molecule has 4 heterocycles. The van der Waals surface area contributed by atoms with Crippen LogP contribution >= 0.6 is 0 Å². The molecule has 16 heteroatoms. The number of nitrogens with one attached hydrogen (secondary N) is 3. The van der Waals surface area contributed by atoms with Gasteiger partial charge in [0.25, 0.3) is 17.9 Å². The monoisotopic (exact) mass is 664 g/mol. The van der Waals surface area contributed by atoms with Crippen LogP contribution in [0.25, 0.3) is 22.2 Å². The van der Waals surface area contributed by atoms with Crippen molar-refractivity contribution < 1.29 is 44.4 Å². The molecule has 0 spiro atoms. The first kappa shape index (κ1) is 32.1. The zero-order valence-electron chi connectivity index (χ0n) is 24.7. The lowest BCUT2D eigenvalue weighted by molar-refractivity contribution is -0.138. The molecule has 2 atom stereocenters. The summed E-state index contributed by atoms with van der Waals surface area (Å²) in [6, 6.07) is 8.11. The van der Waals surface area contributed by atoms with Crippen LogP contribution in [-0.2, 0) is 6.18 Å². The van der Waals surface area contributed by atoms with Gasteiger partial charge in [0.2, 0.25) is 11.6 Å². The first-order chi connectivity index (χ1) is 22.4. The Bertz CT molecular complexity index is 1940. The molecule has 3 aromatic carbocycles. The van der Waals surface area contributed by atoms with E-state index >= 15 is 0 Å². The standard InChI is InChI=1S/C20H16F5N3O2.C11H11F2N3O/c1-10-2-3-13(20(23,24)25)12(8-10)18(29)28-7-6-11(9-28)26-19-27-15-5-4-14(21)16(22)17(15)30-19;12-7-1-2-8-10(9(7)13)17-11(16-8)15-6-3-4-14-5-6/h2-5,8,11H,6-7,9H2,1H3,(H,26,27);1-2,6,14H,3-5H2,(H,15,16)/t11-;6-/m11/s1. The Morgan fingerprint density at radius 2 is 1.47 bits per heavy atom. The van der Waals surface area contributed by atoms with E-state index in [-0.39, 0.29) is 53.9 Å². The molecular formula is C31H27F7N6O3. The number of aromatic nitrogens is 2. The Balaban J connectivity index is 0.000000191. The average Bonchev–Trinajstić information content (AvgIpc) is 3.85. The van der Waals surface area contributed by atoms with Crippen molar-refractivity contribution in [1.29, 1.82) is 0 Å². The third kappa shape index (κ3) is 6.82. The van der Waals surface area contributed by atoms with E-state index in [1.807, 2.05) is 0 Å². The minimum Gasteiger partial charge on any atom is -0.420 e. The number of rotatable bonds is 5. The summed E-state index contributed by atoms with van der Waals surface area (Å²) in [5.41, 5.74) is -0.875. The smallest absolute Gasteiger partial charge is 0.417 e. The number of hydrogen-bond acceptors (Lipinski definition) is 8. The first-order valence-corrected chi connectivity index (χ1v) is 14.6.